The van der Waals surface area contributed by atoms with Crippen molar-refractivity contribution < 1.29 is 9.53 Å². The van der Waals surface area contributed by atoms with Crippen molar-refractivity contribution in [1.82, 2.24) is 4.98 Å². The topological polar surface area (TPSA) is 75.3 Å². The maximum Gasteiger partial charge on any atom is 0.293 e. The lowest BCUT2D eigenvalue weighted by Crippen LogP contribution is -1.96. The van der Waals surface area contributed by atoms with Crippen LogP contribution in [0.5, 0.6) is 5.88 Å². The number of isocyanates is 1. The molecular formula is C10H9N3O2. The van der Waals surface area contributed by atoms with Crippen LogP contribution in [0.4, 0.5) is 5.69 Å². The lowest BCUT2D eigenvalue weighted by Gasteiger charge is -2.08. The molecule has 5 nitrogen and oxygen atoms in total. The molecule has 0 unspecified atom stereocenters. The highest BCUT2D eigenvalue weighted by atomic mass is 16.5. The van der Waals surface area contributed by atoms with E-state index < -0.39 is 0 Å². The molecule has 1 aromatic heterocycles. The van der Waals surface area contributed by atoms with Crippen LogP contribution in [-0.2, 0) is 4.79 Å². The molecule has 15 heavy (non-hydrogen) atoms. The Morgan fingerprint density at radius 2 is 2.00 bits per heavy atom. The first-order valence-corrected chi connectivity index (χ1v) is 4.23. The number of hydrogen-bond donors (Lipinski definition) is 0. The molecule has 0 atom stereocenters. The van der Waals surface area contributed by atoms with Gasteiger partial charge < -0.3 is 4.74 Å². The largest absolute Gasteiger partial charge is 0.367 e. The maximum atomic E-state index is 10.2. The zero-order chi connectivity index (χ0) is 11.4. The van der Waals surface area contributed by atoms with Crippen LogP contribution in [-0.4, -0.2) is 11.1 Å². The van der Waals surface area contributed by atoms with Gasteiger partial charge in [-0.25, -0.2) is 9.78 Å². The van der Waals surface area contributed by atoms with Crippen molar-refractivity contribution in [2.24, 2.45) is 4.99 Å². The van der Waals surface area contributed by atoms with Crippen LogP contribution in [0.3, 0.4) is 0 Å². The second kappa shape index (κ2) is 4.36. The lowest BCUT2D eigenvalue weighted by atomic mass is 10.1. The monoisotopic (exact) mass is 203 g/mol. The first-order valence-electron chi connectivity index (χ1n) is 4.23. The number of nitrogens with zero attached hydrogens (tertiary/aromatic N) is 3. The molecule has 0 amide bonds. The van der Waals surface area contributed by atoms with Crippen molar-refractivity contribution in [3.63, 3.8) is 0 Å². The second-order valence-corrected chi connectivity index (χ2v) is 3.00. The highest BCUT2D eigenvalue weighted by molar-refractivity contribution is 5.61. The van der Waals surface area contributed by atoms with Crippen molar-refractivity contribution in [3.05, 3.63) is 16.8 Å². The minimum absolute atomic E-state index is 0.176. The van der Waals surface area contributed by atoms with E-state index in [1.807, 2.05) is 0 Å². The first-order chi connectivity index (χ1) is 7.11. The Hall–Kier alpha value is -2.18. The van der Waals surface area contributed by atoms with Gasteiger partial charge in [0, 0.05) is 11.3 Å². The molecule has 0 saturated carbocycles. The average molecular weight is 203 g/mol. The van der Waals surface area contributed by atoms with Crippen LogP contribution in [0.2, 0.25) is 0 Å². The number of carbonyl (C=O) groups excluding carboxylic acids is 1. The smallest absolute Gasteiger partial charge is 0.293 e. The van der Waals surface area contributed by atoms with Gasteiger partial charge in [0.2, 0.25) is 12.0 Å². The Bertz CT molecular complexity index is 482. The molecule has 0 aliphatic rings. The highest BCUT2D eigenvalue weighted by Gasteiger charge is 2.12. The standard InChI is InChI=1S/C10H9N3O2/c1-6-8(3)13-10(15-4-11)7(2)9(6)12-5-14/h1-3H3. The summed E-state index contributed by atoms with van der Waals surface area (Å²) in [5, 5.41) is 8.40. The van der Waals surface area contributed by atoms with E-state index in [9.17, 15) is 4.79 Å². The van der Waals surface area contributed by atoms with Gasteiger partial charge in [0.05, 0.1) is 5.69 Å². The summed E-state index contributed by atoms with van der Waals surface area (Å²) in [5.41, 5.74) is 2.46. The molecule has 0 aliphatic carbocycles. The van der Waals surface area contributed by atoms with Gasteiger partial charge in [-0.1, -0.05) is 0 Å². The summed E-state index contributed by atoms with van der Waals surface area (Å²) in [5.74, 6) is 0.176. The third-order valence-electron chi connectivity index (χ3n) is 2.14. The van der Waals surface area contributed by atoms with Crippen molar-refractivity contribution in [1.29, 1.82) is 5.26 Å². The number of aromatic nitrogens is 1. The van der Waals surface area contributed by atoms with Crippen LogP contribution in [0.25, 0.3) is 0 Å². The Morgan fingerprint density at radius 1 is 1.33 bits per heavy atom. The molecular weight excluding hydrogens is 194 g/mol. The number of ether oxygens (including phenoxy) is 1. The third kappa shape index (κ3) is 2.01. The summed E-state index contributed by atoms with van der Waals surface area (Å²) >= 11 is 0. The lowest BCUT2D eigenvalue weighted by molar-refractivity contribution is 0.480. The van der Waals surface area contributed by atoms with Gasteiger partial charge in [0.15, 0.2) is 0 Å². The Balaban J connectivity index is 3.49. The molecule has 0 aromatic carbocycles. The van der Waals surface area contributed by atoms with E-state index in [2.05, 4.69) is 14.7 Å². The Labute approximate surface area is 87.0 Å². The van der Waals surface area contributed by atoms with Crippen LogP contribution in [0.1, 0.15) is 16.8 Å². The molecule has 0 N–H and O–H groups in total. The summed E-state index contributed by atoms with van der Waals surface area (Å²) in [6, 6.07) is 0. The van der Waals surface area contributed by atoms with Crippen LogP contribution in [0.15, 0.2) is 4.99 Å². The number of rotatable bonds is 2. The predicted octanol–water partition coefficient (Wildman–Crippen LogP) is 1.83. The van der Waals surface area contributed by atoms with Gasteiger partial charge in [-0.05, 0) is 26.3 Å². The molecule has 1 heterocycles. The van der Waals surface area contributed by atoms with E-state index >= 15 is 0 Å². The van der Waals surface area contributed by atoms with Gasteiger partial charge in [0.25, 0.3) is 6.26 Å². The minimum atomic E-state index is 0.176. The number of hydrogen-bond acceptors (Lipinski definition) is 5. The summed E-state index contributed by atoms with van der Waals surface area (Å²) in [6.45, 7) is 5.23. The van der Waals surface area contributed by atoms with Crippen LogP contribution in [0, 0.1) is 32.3 Å². The molecule has 0 bridgehead atoms. The van der Waals surface area contributed by atoms with Gasteiger partial charge in [-0.2, -0.15) is 4.99 Å². The highest BCUT2D eigenvalue weighted by Crippen LogP contribution is 2.30. The number of aryl methyl sites for hydroxylation is 1. The summed E-state index contributed by atoms with van der Waals surface area (Å²) in [4.78, 5) is 17.9. The fourth-order valence-electron chi connectivity index (χ4n) is 1.23. The second-order valence-electron chi connectivity index (χ2n) is 3.00. The van der Waals surface area contributed by atoms with Gasteiger partial charge in [-0.3, -0.25) is 0 Å². The van der Waals surface area contributed by atoms with Gasteiger partial charge in [0.1, 0.15) is 0 Å². The first kappa shape index (κ1) is 10.9. The van der Waals surface area contributed by atoms with Gasteiger partial charge in [-0.15, -0.1) is 5.26 Å². The Kier molecular flexibility index (Phi) is 3.17. The maximum absolute atomic E-state index is 10.2. The van der Waals surface area contributed by atoms with Crippen LogP contribution < -0.4 is 4.74 Å². The predicted molar refractivity (Wildman–Crippen MR) is 52.5 cm³/mol. The van der Waals surface area contributed by atoms with Crippen LogP contribution >= 0.6 is 0 Å². The molecule has 0 fully saturated rings. The average Bonchev–Trinajstić information content (AvgIpc) is 2.21. The molecule has 5 heteroatoms. The normalized spacial score (nSPS) is 8.93. The summed E-state index contributed by atoms with van der Waals surface area (Å²) in [7, 11) is 0. The van der Waals surface area contributed by atoms with E-state index in [0.717, 1.165) is 5.56 Å². The minimum Gasteiger partial charge on any atom is -0.367 e. The quantitative estimate of drug-likeness (QED) is 0.417. The number of nitriles is 1. The van der Waals surface area contributed by atoms with E-state index in [4.69, 9.17) is 5.26 Å². The Morgan fingerprint density at radius 3 is 2.53 bits per heavy atom. The molecule has 0 radical (unpaired) electrons. The van der Waals surface area contributed by atoms with Crippen molar-refractivity contribution in [2.75, 3.05) is 0 Å². The molecule has 1 aromatic rings. The number of pyridine rings is 1. The van der Waals surface area contributed by atoms with E-state index in [1.165, 1.54) is 12.3 Å². The molecule has 0 aliphatic heterocycles. The van der Waals surface area contributed by atoms with E-state index in [-0.39, 0.29) is 5.88 Å². The van der Waals surface area contributed by atoms with Crippen molar-refractivity contribution >= 4 is 11.8 Å². The van der Waals surface area contributed by atoms with Crippen molar-refractivity contribution in [2.45, 2.75) is 20.8 Å². The fraction of sp³-hybridized carbons (Fsp3) is 0.300. The third-order valence-corrected chi connectivity index (χ3v) is 2.14. The van der Waals surface area contributed by atoms with E-state index in [1.54, 1.807) is 20.8 Å². The van der Waals surface area contributed by atoms with E-state index in [0.29, 0.717) is 16.9 Å². The summed E-state index contributed by atoms with van der Waals surface area (Å²) in [6.07, 6.45) is 3.01. The zero-order valence-corrected chi connectivity index (χ0v) is 8.66. The SMILES string of the molecule is Cc1nc(OC#N)c(C)c(N=C=O)c1C. The number of aliphatic imine (C=N–C) groups is 1. The molecule has 76 valence electrons. The molecule has 0 spiro atoms. The fourth-order valence-corrected chi connectivity index (χ4v) is 1.23. The van der Waals surface area contributed by atoms with Gasteiger partial charge >= 0.3 is 0 Å². The summed E-state index contributed by atoms with van der Waals surface area (Å²) < 4.78 is 4.66. The molecule has 0 saturated heterocycles. The van der Waals surface area contributed by atoms with Crippen molar-refractivity contribution in [3.8, 4) is 12.1 Å². The molecule has 1 rings (SSSR count). The zero-order valence-electron chi connectivity index (χ0n) is 8.66.